The average molecular weight is 490 g/mol. The zero-order valence-electron chi connectivity index (χ0n) is 19.4. The topological polar surface area (TPSA) is 89.2 Å². The molecule has 0 bridgehead atoms. The van der Waals surface area contributed by atoms with Crippen molar-refractivity contribution in [3.8, 4) is 11.1 Å². The fourth-order valence-corrected chi connectivity index (χ4v) is 4.70. The minimum atomic E-state index is -2.82. The number of aromatic nitrogens is 4. The number of aryl methyl sites for hydroxylation is 1. The van der Waals surface area contributed by atoms with E-state index in [1.807, 2.05) is 4.68 Å². The molecule has 2 aliphatic rings. The Morgan fingerprint density at radius 2 is 2.14 bits per heavy atom. The number of hydrogen-bond acceptors (Lipinski definition) is 5. The van der Waals surface area contributed by atoms with Gasteiger partial charge in [-0.3, -0.25) is 9.36 Å². The molecule has 1 aromatic carbocycles. The summed E-state index contributed by atoms with van der Waals surface area (Å²) in [6, 6.07) is 2.00. The number of nitrogens with one attached hydrogen (secondary N) is 2. The molecule has 0 radical (unpaired) electrons. The van der Waals surface area contributed by atoms with E-state index in [9.17, 15) is 13.6 Å². The summed E-state index contributed by atoms with van der Waals surface area (Å²) in [6.07, 6.45) is 1.51. The van der Waals surface area contributed by atoms with Crippen LogP contribution in [0.4, 0.5) is 29.5 Å². The smallest absolute Gasteiger partial charge is 0.317 e. The second-order valence-corrected chi connectivity index (χ2v) is 8.71. The van der Waals surface area contributed by atoms with E-state index >= 15 is 4.39 Å². The summed E-state index contributed by atoms with van der Waals surface area (Å²) < 4.78 is 52.0. The van der Waals surface area contributed by atoms with Gasteiger partial charge in [0.2, 0.25) is 0 Å². The van der Waals surface area contributed by atoms with Crippen molar-refractivity contribution in [3.05, 3.63) is 47.2 Å². The Morgan fingerprint density at radius 1 is 1.31 bits per heavy atom. The zero-order valence-corrected chi connectivity index (χ0v) is 19.4. The highest BCUT2D eigenvalue weighted by Gasteiger charge is 2.31. The van der Waals surface area contributed by atoms with E-state index in [-0.39, 0.29) is 35.4 Å². The molecule has 4 heterocycles. The van der Waals surface area contributed by atoms with Crippen LogP contribution in [0.3, 0.4) is 0 Å². The summed E-state index contributed by atoms with van der Waals surface area (Å²) >= 11 is 0. The summed E-state index contributed by atoms with van der Waals surface area (Å²) in [5.74, 6) is -0.353. The highest BCUT2D eigenvalue weighted by molar-refractivity contribution is 5.75. The number of benzene rings is 1. The number of ether oxygens (including phenoxy) is 1. The van der Waals surface area contributed by atoms with Gasteiger partial charge < -0.3 is 20.3 Å². The van der Waals surface area contributed by atoms with Crippen LogP contribution >= 0.6 is 0 Å². The Bertz CT molecular complexity index is 1250. The molecule has 2 aliphatic heterocycles. The second kappa shape index (κ2) is 9.25. The van der Waals surface area contributed by atoms with Crippen molar-refractivity contribution < 1.29 is 22.7 Å². The zero-order chi connectivity index (χ0) is 24.7. The predicted octanol–water partition coefficient (Wildman–Crippen LogP) is 3.76. The number of rotatable bonds is 5. The van der Waals surface area contributed by atoms with Gasteiger partial charge in [0.05, 0.1) is 31.1 Å². The van der Waals surface area contributed by atoms with E-state index in [1.165, 1.54) is 10.9 Å². The van der Waals surface area contributed by atoms with Crippen molar-refractivity contribution in [3.63, 3.8) is 0 Å². The van der Waals surface area contributed by atoms with Crippen molar-refractivity contribution in [1.82, 2.24) is 29.8 Å². The number of alkyl halides is 2. The molecule has 2 N–H and O–H groups in total. The number of amides is 2. The van der Waals surface area contributed by atoms with Gasteiger partial charge in [-0.2, -0.15) is 10.2 Å². The molecule has 9 nitrogen and oxygen atoms in total. The number of anilines is 2. The molecule has 12 heteroatoms. The molecular formula is C23H26F3N7O2. The number of nitrogens with zero attached hydrogens (tertiary/aromatic N) is 5. The van der Waals surface area contributed by atoms with Gasteiger partial charge in [0.15, 0.2) is 5.82 Å². The van der Waals surface area contributed by atoms with Crippen LogP contribution in [0.5, 0.6) is 0 Å². The van der Waals surface area contributed by atoms with Crippen LogP contribution < -0.4 is 10.6 Å². The molecule has 186 valence electrons. The fourth-order valence-electron chi connectivity index (χ4n) is 4.70. The van der Waals surface area contributed by atoms with Crippen LogP contribution in [0.25, 0.3) is 11.1 Å². The summed E-state index contributed by atoms with van der Waals surface area (Å²) in [5.41, 5.74) is 1.73. The number of halogens is 3. The van der Waals surface area contributed by atoms with Crippen molar-refractivity contribution in [2.75, 3.05) is 32.1 Å². The molecular weight excluding hydrogens is 463 g/mol. The third-order valence-corrected chi connectivity index (χ3v) is 6.48. The summed E-state index contributed by atoms with van der Waals surface area (Å²) in [5, 5.41) is 14.3. The SMILES string of the molecule is CNC(=O)N1CCc2c(c(Nc3cc(C(F)F)c(-c4cnn(C)c4)cc3F)nn2[C@H]2CCOC2)C1. The van der Waals surface area contributed by atoms with Gasteiger partial charge in [-0.05, 0) is 24.1 Å². The average Bonchev–Trinajstić information content (AvgIpc) is 3.59. The molecule has 0 saturated carbocycles. The maximum atomic E-state index is 15.2. The monoisotopic (exact) mass is 489 g/mol. The van der Waals surface area contributed by atoms with Gasteiger partial charge >= 0.3 is 6.03 Å². The largest absolute Gasteiger partial charge is 0.379 e. The van der Waals surface area contributed by atoms with Crippen LogP contribution in [-0.2, 0) is 24.8 Å². The minimum absolute atomic E-state index is 0.0280. The van der Waals surface area contributed by atoms with Crippen molar-refractivity contribution in [2.45, 2.75) is 31.9 Å². The molecule has 3 aromatic rings. The highest BCUT2D eigenvalue weighted by atomic mass is 19.3. The lowest BCUT2D eigenvalue weighted by atomic mass is 10.0. The second-order valence-electron chi connectivity index (χ2n) is 8.71. The van der Waals surface area contributed by atoms with Gasteiger partial charge in [0, 0.05) is 62.2 Å². The Labute approximate surface area is 199 Å². The van der Waals surface area contributed by atoms with Crippen molar-refractivity contribution >= 4 is 17.5 Å². The molecule has 1 atom stereocenters. The number of carbonyl (C=O) groups excluding carboxylic acids is 1. The van der Waals surface area contributed by atoms with E-state index in [4.69, 9.17) is 4.74 Å². The van der Waals surface area contributed by atoms with Gasteiger partial charge in [0.1, 0.15) is 5.82 Å². The van der Waals surface area contributed by atoms with Gasteiger partial charge in [0.25, 0.3) is 6.43 Å². The number of urea groups is 1. The molecule has 1 fully saturated rings. The Morgan fingerprint density at radius 3 is 2.80 bits per heavy atom. The first-order chi connectivity index (χ1) is 16.9. The molecule has 0 aliphatic carbocycles. The lowest BCUT2D eigenvalue weighted by molar-refractivity contribution is 0.152. The summed E-state index contributed by atoms with van der Waals surface area (Å²) in [4.78, 5) is 13.9. The van der Waals surface area contributed by atoms with Crippen LogP contribution in [0, 0.1) is 5.82 Å². The summed E-state index contributed by atoms with van der Waals surface area (Å²) in [7, 11) is 3.22. The van der Waals surface area contributed by atoms with Crippen molar-refractivity contribution in [1.29, 1.82) is 0 Å². The van der Waals surface area contributed by atoms with E-state index < -0.39 is 12.2 Å². The number of carbonyl (C=O) groups is 1. The maximum absolute atomic E-state index is 15.2. The maximum Gasteiger partial charge on any atom is 0.317 e. The van der Waals surface area contributed by atoms with Crippen LogP contribution in [-0.4, -0.2) is 57.3 Å². The third-order valence-electron chi connectivity index (χ3n) is 6.48. The first-order valence-corrected chi connectivity index (χ1v) is 11.4. The van der Waals surface area contributed by atoms with Crippen molar-refractivity contribution in [2.24, 2.45) is 7.05 Å². The van der Waals surface area contributed by atoms with Crippen LogP contribution in [0.15, 0.2) is 24.5 Å². The molecule has 35 heavy (non-hydrogen) atoms. The predicted molar refractivity (Wildman–Crippen MR) is 122 cm³/mol. The molecule has 0 unspecified atom stereocenters. The van der Waals surface area contributed by atoms with E-state index in [0.29, 0.717) is 37.6 Å². The standard InChI is InChI=1S/C23H26F3N7O2/c1-27-23(34)32-5-3-20-17(11-32)22(30-33(20)14-4-6-35-12-14)29-19-8-16(21(25)26)15(7-18(19)24)13-9-28-31(2)10-13/h7-10,14,21H,3-6,11-12H2,1-2H3,(H,27,34)(H,29,30)/t14-/m0/s1. The minimum Gasteiger partial charge on any atom is -0.379 e. The highest BCUT2D eigenvalue weighted by Crippen LogP contribution is 2.37. The molecule has 2 amide bonds. The first kappa shape index (κ1) is 23.2. The normalized spacial score (nSPS) is 17.7. The first-order valence-electron chi connectivity index (χ1n) is 11.4. The number of fused-ring (bicyclic) bond motifs is 1. The summed E-state index contributed by atoms with van der Waals surface area (Å²) in [6.45, 7) is 1.90. The van der Waals surface area contributed by atoms with Gasteiger partial charge in [-0.25, -0.2) is 18.0 Å². The molecule has 0 spiro atoms. The van der Waals surface area contributed by atoms with E-state index in [0.717, 1.165) is 29.8 Å². The fraction of sp³-hybridized carbons (Fsp3) is 0.435. The lowest BCUT2D eigenvalue weighted by Crippen LogP contribution is -2.41. The molecule has 1 saturated heterocycles. The molecule has 5 rings (SSSR count). The van der Waals surface area contributed by atoms with Crippen LogP contribution in [0.1, 0.15) is 35.7 Å². The van der Waals surface area contributed by atoms with Crippen LogP contribution in [0.2, 0.25) is 0 Å². The Hall–Kier alpha value is -3.54. The van der Waals surface area contributed by atoms with Gasteiger partial charge in [-0.15, -0.1) is 0 Å². The van der Waals surface area contributed by atoms with E-state index in [1.54, 1.807) is 25.2 Å². The number of hydrogen-bond donors (Lipinski definition) is 2. The third kappa shape index (κ3) is 4.33. The molecule has 2 aromatic heterocycles. The van der Waals surface area contributed by atoms with Gasteiger partial charge in [-0.1, -0.05) is 0 Å². The lowest BCUT2D eigenvalue weighted by Gasteiger charge is -2.28. The van der Waals surface area contributed by atoms with E-state index in [2.05, 4.69) is 20.8 Å². The Kier molecular flexibility index (Phi) is 6.13. The Balaban J connectivity index is 1.54. The quantitative estimate of drug-likeness (QED) is 0.570.